The summed E-state index contributed by atoms with van der Waals surface area (Å²) in [5.41, 5.74) is -1.42. The lowest BCUT2D eigenvalue weighted by molar-refractivity contribution is -0.141. The van der Waals surface area contributed by atoms with E-state index in [2.05, 4.69) is 10.6 Å². The van der Waals surface area contributed by atoms with E-state index in [1.165, 1.54) is 32.6 Å². The maximum Gasteiger partial charge on any atom is 0.315 e. The predicted octanol–water partition coefficient (Wildman–Crippen LogP) is 0.700. The number of aliphatic hydroxyl groups is 1. The van der Waals surface area contributed by atoms with Gasteiger partial charge in [0.2, 0.25) is 0 Å². The van der Waals surface area contributed by atoms with Crippen LogP contribution in [0.5, 0.6) is 0 Å². The molecule has 0 bridgehead atoms. The summed E-state index contributed by atoms with van der Waals surface area (Å²) < 4.78 is 0. The lowest BCUT2D eigenvalue weighted by Gasteiger charge is -2.23. The van der Waals surface area contributed by atoms with Crippen LogP contribution in [0.2, 0.25) is 0 Å². The summed E-state index contributed by atoms with van der Waals surface area (Å²) in [6, 6.07) is -0.0566. The third-order valence-corrected chi connectivity index (χ3v) is 3.72. The number of hydrogen-bond donors (Lipinski definition) is 4. The lowest BCUT2D eigenvalue weighted by atomic mass is 10.0. The van der Waals surface area contributed by atoms with E-state index in [9.17, 15) is 14.7 Å². The highest BCUT2D eigenvalue weighted by atomic mass is 16.4. The Morgan fingerprint density at radius 1 is 1.26 bits per heavy atom. The first-order chi connectivity index (χ1) is 8.87. The summed E-state index contributed by atoms with van der Waals surface area (Å²) in [5.74, 6) is 0.136. The topological polar surface area (TPSA) is 98.7 Å². The van der Waals surface area contributed by atoms with Crippen LogP contribution in [0.25, 0.3) is 0 Å². The average Bonchev–Trinajstić information content (AvgIpc) is 3.14. The molecule has 108 valence electrons. The smallest absolute Gasteiger partial charge is 0.315 e. The van der Waals surface area contributed by atoms with Crippen LogP contribution in [0.4, 0.5) is 4.79 Å². The molecule has 0 radical (unpaired) electrons. The van der Waals surface area contributed by atoms with Gasteiger partial charge in [-0.2, -0.15) is 0 Å². The molecular weight excluding hydrogens is 248 g/mol. The van der Waals surface area contributed by atoms with Gasteiger partial charge in [-0.15, -0.1) is 0 Å². The largest absolute Gasteiger partial charge is 0.481 e. The Labute approximate surface area is 112 Å². The molecule has 6 heteroatoms. The summed E-state index contributed by atoms with van der Waals surface area (Å²) in [5, 5.41) is 23.9. The number of rotatable bonds is 7. The highest BCUT2D eigenvalue weighted by Crippen LogP contribution is 2.44. The molecule has 2 fully saturated rings. The van der Waals surface area contributed by atoms with Crippen LogP contribution in [-0.4, -0.2) is 40.4 Å². The highest BCUT2D eigenvalue weighted by molar-refractivity contribution is 5.74. The van der Waals surface area contributed by atoms with E-state index in [1.54, 1.807) is 0 Å². The van der Waals surface area contributed by atoms with Gasteiger partial charge in [-0.05, 0) is 44.4 Å². The van der Waals surface area contributed by atoms with Crippen molar-refractivity contribution in [2.24, 2.45) is 11.8 Å². The summed E-state index contributed by atoms with van der Waals surface area (Å²) in [6.07, 6.45) is 4.33. The molecule has 0 heterocycles. The van der Waals surface area contributed by atoms with Gasteiger partial charge in [0.25, 0.3) is 0 Å². The second-order valence-corrected chi connectivity index (χ2v) is 6.10. The number of amides is 2. The van der Waals surface area contributed by atoms with Crippen molar-refractivity contribution in [1.29, 1.82) is 0 Å². The van der Waals surface area contributed by atoms with Gasteiger partial charge in [0.15, 0.2) is 0 Å². The molecule has 2 aliphatic carbocycles. The molecule has 6 nitrogen and oxygen atoms in total. The van der Waals surface area contributed by atoms with Gasteiger partial charge < -0.3 is 20.8 Å². The van der Waals surface area contributed by atoms with Crippen LogP contribution < -0.4 is 10.6 Å². The van der Waals surface area contributed by atoms with Crippen molar-refractivity contribution >= 4 is 12.0 Å². The van der Waals surface area contributed by atoms with Gasteiger partial charge in [0.1, 0.15) is 0 Å². The molecule has 0 aromatic carbocycles. The molecule has 0 saturated heterocycles. The second-order valence-electron chi connectivity index (χ2n) is 6.10. The number of aliphatic carboxylic acids is 1. The molecule has 2 rings (SSSR count). The molecule has 4 N–H and O–H groups in total. The van der Waals surface area contributed by atoms with Gasteiger partial charge >= 0.3 is 12.0 Å². The van der Waals surface area contributed by atoms with E-state index in [0.717, 1.165) is 0 Å². The summed E-state index contributed by atoms with van der Waals surface area (Å²) >= 11 is 0. The first-order valence-corrected chi connectivity index (χ1v) is 6.86. The zero-order valence-corrected chi connectivity index (χ0v) is 11.2. The van der Waals surface area contributed by atoms with Crippen LogP contribution in [0.15, 0.2) is 0 Å². The monoisotopic (exact) mass is 270 g/mol. The fraction of sp³-hybridized carbons (Fsp3) is 0.846. The van der Waals surface area contributed by atoms with Crippen molar-refractivity contribution in [1.82, 2.24) is 10.6 Å². The molecule has 2 saturated carbocycles. The molecule has 2 aliphatic rings. The van der Waals surface area contributed by atoms with Gasteiger partial charge in [0.05, 0.1) is 12.0 Å². The second kappa shape index (κ2) is 5.36. The van der Waals surface area contributed by atoms with Crippen molar-refractivity contribution in [3.63, 3.8) is 0 Å². The standard InChI is InChI=1S/C13H22N2O4/c1-13(19,6-10(16)17)7-14-12(18)15-11(8-2-3-8)9-4-5-9/h8-9,11,19H,2-7H2,1H3,(H,16,17)(H2,14,15,18). The van der Waals surface area contributed by atoms with Crippen molar-refractivity contribution < 1.29 is 19.8 Å². The normalized spacial score (nSPS) is 21.8. The van der Waals surface area contributed by atoms with E-state index in [0.29, 0.717) is 11.8 Å². The zero-order valence-electron chi connectivity index (χ0n) is 11.2. The fourth-order valence-electron chi connectivity index (χ4n) is 2.39. The van der Waals surface area contributed by atoms with Gasteiger partial charge in [-0.3, -0.25) is 4.79 Å². The van der Waals surface area contributed by atoms with E-state index >= 15 is 0 Å². The van der Waals surface area contributed by atoms with E-state index in [1.807, 2.05) is 0 Å². The lowest BCUT2D eigenvalue weighted by Crippen LogP contribution is -2.49. The molecule has 0 aromatic rings. The van der Waals surface area contributed by atoms with E-state index in [4.69, 9.17) is 5.11 Å². The Balaban J connectivity index is 1.72. The molecule has 0 spiro atoms. The molecule has 1 unspecified atom stereocenters. The van der Waals surface area contributed by atoms with Gasteiger partial charge in [0, 0.05) is 12.6 Å². The molecule has 1 atom stereocenters. The minimum absolute atomic E-state index is 0.0623. The fourth-order valence-corrected chi connectivity index (χ4v) is 2.39. The molecular formula is C13H22N2O4. The average molecular weight is 270 g/mol. The van der Waals surface area contributed by atoms with Crippen LogP contribution in [0.3, 0.4) is 0 Å². The maximum absolute atomic E-state index is 11.8. The summed E-state index contributed by atoms with van der Waals surface area (Å²) in [4.78, 5) is 22.3. The number of carboxylic acid groups (broad SMARTS) is 1. The Morgan fingerprint density at radius 3 is 2.21 bits per heavy atom. The zero-order chi connectivity index (χ0) is 14.0. The van der Waals surface area contributed by atoms with Crippen LogP contribution in [-0.2, 0) is 4.79 Å². The first kappa shape index (κ1) is 14.1. The molecule has 0 aliphatic heterocycles. The third kappa shape index (κ3) is 4.70. The number of carbonyl (C=O) groups excluding carboxylic acids is 1. The van der Waals surface area contributed by atoms with E-state index in [-0.39, 0.29) is 25.0 Å². The molecule has 2 amide bonds. The summed E-state index contributed by atoms with van der Waals surface area (Å²) in [7, 11) is 0. The number of carbonyl (C=O) groups is 2. The van der Waals surface area contributed by atoms with Crippen molar-refractivity contribution in [3.05, 3.63) is 0 Å². The van der Waals surface area contributed by atoms with Gasteiger partial charge in [-0.1, -0.05) is 0 Å². The number of hydrogen-bond acceptors (Lipinski definition) is 3. The Kier molecular flexibility index (Phi) is 3.99. The quantitative estimate of drug-likeness (QED) is 0.547. The number of nitrogens with one attached hydrogen (secondary N) is 2. The van der Waals surface area contributed by atoms with Crippen molar-refractivity contribution in [2.45, 2.75) is 50.7 Å². The maximum atomic E-state index is 11.8. The third-order valence-electron chi connectivity index (χ3n) is 3.72. The van der Waals surface area contributed by atoms with Crippen LogP contribution >= 0.6 is 0 Å². The van der Waals surface area contributed by atoms with Crippen molar-refractivity contribution in [3.8, 4) is 0 Å². The SMILES string of the molecule is CC(O)(CNC(=O)NC(C1CC1)C1CC1)CC(=O)O. The molecule has 0 aromatic heterocycles. The highest BCUT2D eigenvalue weighted by Gasteiger charge is 2.42. The Bertz CT molecular complexity index is 350. The van der Waals surface area contributed by atoms with E-state index < -0.39 is 11.6 Å². The Hall–Kier alpha value is -1.30. The summed E-state index contributed by atoms with van der Waals surface area (Å²) in [6.45, 7) is 1.34. The first-order valence-electron chi connectivity index (χ1n) is 6.86. The molecule has 19 heavy (non-hydrogen) atoms. The Morgan fingerprint density at radius 2 is 1.79 bits per heavy atom. The van der Waals surface area contributed by atoms with Crippen LogP contribution in [0.1, 0.15) is 39.0 Å². The van der Waals surface area contributed by atoms with Crippen LogP contribution in [0, 0.1) is 11.8 Å². The van der Waals surface area contributed by atoms with Gasteiger partial charge in [-0.25, -0.2) is 4.79 Å². The predicted molar refractivity (Wildman–Crippen MR) is 68.6 cm³/mol. The number of urea groups is 1. The number of carboxylic acids is 1. The minimum atomic E-state index is -1.42. The van der Waals surface area contributed by atoms with Crippen molar-refractivity contribution in [2.75, 3.05) is 6.54 Å². The minimum Gasteiger partial charge on any atom is -0.481 e.